The van der Waals surface area contributed by atoms with Gasteiger partial charge in [0.1, 0.15) is 0 Å². The van der Waals surface area contributed by atoms with Crippen molar-refractivity contribution < 1.29 is 21.6 Å². The molecule has 1 aromatic heterocycles. The first kappa shape index (κ1) is 15.4. The van der Waals surface area contributed by atoms with E-state index in [9.17, 15) is 21.6 Å². The number of benzene rings is 2. The number of halogens is 3. The van der Waals surface area contributed by atoms with E-state index in [0.29, 0.717) is 6.07 Å². The van der Waals surface area contributed by atoms with Crippen LogP contribution in [0, 0.1) is 0 Å². The number of fused-ring (bicyclic) bond motifs is 1. The van der Waals surface area contributed by atoms with Gasteiger partial charge in [0.05, 0.1) is 10.5 Å². The van der Waals surface area contributed by atoms with Crippen LogP contribution >= 0.6 is 0 Å². The van der Waals surface area contributed by atoms with Gasteiger partial charge in [-0.1, -0.05) is 6.07 Å². The van der Waals surface area contributed by atoms with Crippen LogP contribution in [0.25, 0.3) is 10.9 Å². The average Bonchev–Trinajstić information content (AvgIpc) is 2.93. The molecule has 0 atom stereocenters. The number of sulfonamides is 1. The first-order valence-corrected chi connectivity index (χ1v) is 8.01. The number of hydrogen-bond donors (Lipinski definition) is 2. The molecule has 0 unspecified atom stereocenters. The molecule has 0 spiro atoms. The minimum absolute atomic E-state index is 0.273. The van der Waals surface area contributed by atoms with E-state index < -0.39 is 26.7 Å². The molecule has 0 aliphatic heterocycles. The van der Waals surface area contributed by atoms with Gasteiger partial charge in [-0.3, -0.25) is 4.72 Å². The van der Waals surface area contributed by atoms with Crippen LogP contribution in [0.15, 0.2) is 59.6 Å². The van der Waals surface area contributed by atoms with E-state index in [1.54, 1.807) is 24.4 Å². The smallest absolute Gasteiger partial charge is 0.361 e. The van der Waals surface area contributed by atoms with Gasteiger partial charge in [-0.25, -0.2) is 8.42 Å². The molecule has 120 valence electrons. The molecule has 0 fully saturated rings. The molecule has 1 heterocycles. The third-order valence-electron chi connectivity index (χ3n) is 3.28. The zero-order chi connectivity index (χ0) is 16.7. The highest BCUT2D eigenvalue weighted by Crippen LogP contribution is 2.31. The quantitative estimate of drug-likeness (QED) is 0.757. The Bertz CT molecular complexity index is 962. The van der Waals surface area contributed by atoms with Crippen molar-refractivity contribution in [2.24, 2.45) is 0 Å². The lowest BCUT2D eigenvalue weighted by Gasteiger charge is -2.11. The molecule has 3 aromatic rings. The molecular weight excluding hydrogens is 329 g/mol. The topological polar surface area (TPSA) is 62.0 Å². The minimum Gasteiger partial charge on any atom is -0.361 e. The fourth-order valence-corrected chi connectivity index (χ4v) is 3.27. The number of alkyl halides is 3. The maximum absolute atomic E-state index is 12.7. The molecule has 0 aliphatic carbocycles. The molecule has 2 N–H and O–H groups in total. The Morgan fingerprint density at radius 1 is 1.00 bits per heavy atom. The summed E-state index contributed by atoms with van der Waals surface area (Å²) in [6.45, 7) is 0. The summed E-state index contributed by atoms with van der Waals surface area (Å²) in [6, 6.07) is 10.2. The molecule has 0 bridgehead atoms. The standard InChI is InChI=1S/C15H11F3N2O2S/c16-15(17,18)11-2-1-3-13(9-11)23(21,22)20-12-4-5-14-10(8-12)6-7-19-14/h1-9,19-20H. The van der Waals surface area contributed by atoms with E-state index in [4.69, 9.17) is 0 Å². The lowest BCUT2D eigenvalue weighted by atomic mass is 10.2. The van der Waals surface area contributed by atoms with Gasteiger partial charge in [-0.15, -0.1) is 0 Å². The van der Waals surface area contributed by atoms with Gasteiger partial charge in [0.25, 0.3) is 10.0 Å². The molecule has 8 heteroatoms. The van der Waals surface area contributed by atoms with Crippen molar-refractivity contribution in [2.75, 3.05) is 4.72 Å². The summed E-state index contributed by atoms with van der Waals surface area (Å²) < 4.78 is 64.9. The van der Waals surface area contributed by atoms with E-state index in [2.05, 4.69) is 9.71 Å². The van der Waals surface area contributed by atoms with E-state index in [-0.39, 0.29) is 5.69 Å². The molecule has 0 amide bonds. The highest BCUT2D eigenvalue weighted by molar-refractivity contribution is 7.92. The Labute approximate surface area is 130 Å². The van der Waals surface area contributed by atoms with Gasteiger partial charge < -0.3 is 4.98 Å². The summed E-state index contributed by atoms with van der Waals surface area (Å²) >= 11 is 0. The van der Waals surface area contributed by atoms with Crippen LogP contribution in [-0.4, -0.2) is 13.4 Å². The Morgan fingerprint density at radius 3 is 2.52 bits per heavy atom. The molecule has 4 nitrogen and oxygen atoms in total. The number of nitrogens with one attached hydrogen (secondary N) is 2. The SMILES string of the molecule is O=S(=O)(Nc1ccc2[nH]ccc2c1)c1cccc(C(F)(F)F)c1. The van der Waals surface area contributed by atoms with Crippen molar-refractivity contribution in [1.29, 1.82) is 0 Å². The molecule has 0 saturated heterocycles. The second-order valence-corrected chi connectivity index (χ2v) is 6.59. The number of anilines is 1. The van der Waals surface area contributed by atoms with Gasteiger partial charge in [0, 0.05) is 22.8 Å². The zero-order valence-electron chi connectivity index (χ0n) is 11.6. The van der Waals surface area contributed by atoms with Gasteiger partial charge >= 0.3 is 6.18 Å². The van der Waals surface area contributed by atoms with Crippen LogP contribution in [0.5, 0.6) is 0 Å². The van der Waals surface area contributed by atoms with Gasteiger partial charge in [0.2, 0.25) is 0 Å². The van der Waals surface area contributed by atoms with E-state index in [0.717, 1.165) is 29.1 Å². The second-order valence-electron chi connectivity index (χ2n) is 4.91. The Kier molecular flexibility index (Phi) is 3.56. The number of rotatable bonds is 3. The average molecular weight is 340 g/mol. The van der Waals surface area contributed by atoms with Crippen molar-refractivity contribution in [2.45, 2.75) is 11.1 Å². The van der Waals surface area contributed by atoms with Crippen LogP contribution in [0.1, 0.15) is 5.56 Å². The molecular formula is C15H11F3N2O2S. The highest BCUT2D eigenvalue weighted by atomic mass is 32.2. The van der Waals surface area contributed by atoms with E-state index in [1.807, 2.05) is 0 Å². The summed E-state index contributed by atoms with van der Waals surface area (Å²) in [5.74, 6) is 0. The van der Waals surface area contributed by atoms with E-state index in [1.165, 1.54) is 6.07 Å². The summed E-state index contributed by atoms with van der Waals surface area (Å²) in [7, 11) is -4.11. The highest BCUT2D eigenvalue weighted by Gasteiger charge is 2.31. The first-order valence-electron chi connectivity index (χ1n) is 6.53. The van der Waals surface area contributed by atoms with Crippen molar-refractivity contribution in [3.63, 3.8) is 0 Å². The normalized spacial score (nSPS) is 12.5. The monoisotopic (exact) mass is 340 g/mol. The Balaban J connectivity index is 1.95. The lowest BCUT2D eigenvalue weighted by molar-refractivity contribution is -0.137. The first-order chi connectivity index (χ1) is 10.8. The van der Waals surface area contributed by atoms with Crippen LogP contribution in [0.4, 0.5) is 18.9 Å². The summed E-state index contributed by atoms with van der Waals surface area (Å²) in [4.78, 5) is 2.52. The van der Waals surface area contributed by atoms with Crippen molar-refractivity contribution >= 4 is 26.6 Å². The van der Waals surface area contributed by atoms with Gasteiger partial charge in [0.15, 0.2) is 0 Å². The van der Waals surface area contributed by atoms with E-state index >= 15 is 0 Å². The van der Waals surface area contributed by atoms with Crippen molar-refractivity contribution in [3.8, 4) is 0 Å². The summed E-state index contributed by atoms with van der Waals surface area (Å²) in [5, 5.41) is 0.786. The van der Waals surface area contributed by atoms with Crippen molar-refractivity contribution in [1.82, 2.24) is 4.98 Å². The number of H-pyrrole nitrogens is 1. The summed E-state index contributed by atoms with van der Waals surface area (Å²) in [6.07, 6.45) is -2.90. The lowest BCUT2D eigenvalue weighted by Crippen LogP contribution is -2.14. The maximum atomic E-state index is 12.7. The molecule has 3 rings (SSSR count). The van der Waals surface area contributed by atoms with Gasteiger partial charge in [-0.2, -0.15) is 13.2 Å². The van der Waals surface area contributed by atoms with Crippen molar-refractivity contribution in [3.05, 3.63) is 60.3 Å². The summed E-state index contributed by atoms with van der Waals surface area (Å²) in [5.41, 5.74) is 0.0861. The molecule has 0 saturated carbocycles. The van der Waals surface area contributed by atoms with Crippen LogP contribution in [0.3, 0.4) is 0 Å². The predicted octanol–water partition coefficient (Wildman–Crippen LogP) is 3.99. The van der Waals surface area contributed by atoms with Crippen LogP contribution in [-0.2, 0) is 16.2 Å². The molecule has 23 heavy (non-hydrogen) atoms. The van der Waals surface area contributed by atoms with Crippen LogP contribution in [0.2, 0.25) is 0 Å². The number of aromatic nitrogens is 1. The zero-order valence-corrected chi connectivity index (χ0v) is 12.4. The van der Waals surface area contributed by atoms with Crippen LogP contribution < -0.4 is 4.72 Å². The Hall–Kier alpha value is -2.48. The molecule has 2 aromatic carbocycles. The fraction of sp³-hybridized carbons (Fsp3) is 0.0667. The minimum atomic E-state index is -4.60. The molecule has 0 aliphatic rings. The number of aromatic amines is 1. The Morgan fingerprint density at radius 2 is 1.78 bits per heavy atom. The molecule has 0 radical (unpaired) electrons. The third-order valence-corrected chi connectivity index (χ3v) is 4.66. The third kappa shape index (κ3) is 3.16. The number of hydrogen-bond acceptors (Lipinski definition) is 2. The van der Waals surface area contributed by atoms with Gasteiger partial charge in [-0.05, 0) is 42.5 Å². The maximum Gasteiger partial charge on any atom is 0.416 e. The fourth-order valence-electron chi connectivity index (χ4n) is 2.17. The second kappa shape index (κ2) is 5.31. The largest absolute Gasteiger partial charge is 0.416 e. The predicted molar refractivity (Wildman–Crippen MR) is 80.6 cm³/mol.